The Morgan fingerprint density at radius 2 is 2.56 bits per heavy atom. The summed E-state index contributed by atoms with van der Waals surface area (Å²) in [4.78, 5) is 11.0. The zero-order valence-corrected chi connectivity index (χ0v) is 12.0. The Balaban J connectivity index is 1.88. The highest BCUT2D eigenvalue weighted by Crippen LogP contribution is 2.18. The number of aromatic nitrogens is 1. The molecule has 0 radical (unpaired) electrons. The van der Waals surface area contributed by atoms with Gasteiger partial charge in [-0.3, -0.25) is 4.99 Å². The van der Waals surface area contributed by atoms with Crippen LogP contribution in [0.2, 0.25) is 0 Å². The maximum atomic E-state index is 6.07. The van der Waals surface area contributed by atoms with Gasteiger partial charge in [-0.2, -0.15) is 0 Å². The van der Waals surface area contributed by atoms with E-state index in [9.17, 15) is 0 Å². The van der Waals surface area contributed by atoms with E-state index >= 15 is 0 Å². The molecule has 2 N–H and O–H groups in total. The van der Waals surface area contributed by atoms with Crippen LogP contribution in [0.1, 0.15) is 37.6 Å². The second-order valence-electron chi connectivity index (χ2n) is 5.16. The highest BCUT2D eigenvalue weighted by Gasteiger charge is 2.18. The van der Waals surface area contributed by atoms with Crippen molar-refractivity contribution in [3.8, 4) is 0 Å². The molecule has 2 atom stereocenters. The van der Waals surface area contributed by atoms with Crippen molar-refractivity contribution in [2.75, 3.05) is 19.6 Å². The van der Waals surface area contributed by atoms with Crippen molar-refractivity contribution in [2.24, 2.45) is 16.6 Å². The van der Waals surface area contributed by atoms with Gasteiger partial charge >= 0.3 is 0 Å². The number of piperidine rings is 1. The first-order valence-corrected chi connectivity index (χ1v) is 7.49. The molecule has 1 saturated heterocycles. The molecule has 0 bridgehead atoms. The highest BCUT2D eigenvalue weighted by atomic mass is 32.1. The average Bonchev–Trinajstić information content (AvgIpc) is 2.89. The van der Waals surface area contributed by atoms with Crippen molar-refractivity contribution in [2.45, 2.75) is 32.6 Å². The summed E-state index contributed by atoms with van der Waals surface area (Å²) >= 11 is 1.68. The molecule has 1 aliphatic heterocycles. The molecule has 0 aromatic carbocycles. The predicted molar refractivity (Wildman–Crippen MR) is 77.0 cm³/mol. The minimum Gasteiger partial charge on any atom is -0.370 e. The van der Waals surface area contributed by atoms with E-state index in [0.29, 0.717) is 11.9 Å². The first-order valence-electron chi connectivity index (χ1n) is 6.61. The number of likely N-dealkylation sites (tertiary alicyclic amines) is 1. The number of nitrogens with two attached hydrogens (primary N) is 1. The highest BCUT2D eigenvalue weighted by molar-refractivity contribution is 7.09. The summed E-state index contributed by atoms with van der Waals surface area (Å²) in [5.74, 6) is 1.78. The molecule has 1 aromatic heterocycles. The standard InChI is InChI=1S/C13H22N4S/c1-10-4-3-6-17(9-10)13(14)16-8-11(2)12-15-5-7-18-12/h5,7,10-11H,3-4,6,8-9H2,1-2H3,(H2,14,16). The Hall–Kier alpha value is -1.10. The molecule has 2 heterocycles. The zero-order chi connectivity index (χ0) is 13.0. The molecule has 0 saturated carbocycles. The van der Waals surface area contributed by atoms with Crippen LogP contribution in [0, 0.1) is 5.92 Å². The number of thiazole rings is 1. The largest absolute Gasteiger partial charge is 0.370 e. The van der Waals surface area contributed by atoms with E-state index in [2.05, 4.69) is 28.7 Å². The lowest BCUT2D eigenvalue weighted by atomic mass is 10.0. The molecule has 2 rings (SSSR count). The number of hydrogen-bond donors (Lipinski definition) is 1. The van der Waals surface area contributed by atoms with Crippen LogP contribution in [0.15, 0.2) is 16.6 Å². The molecule has 0 spiro atoms. The summed E-state index contributed by atoms with van der Waals surface area (Å²) in [7, 11) is 0. The first-order chi connectivity index (χ1) is 8.66. The maximum Gasteiger partial charge on any atom is 0.191 e. The minimum absolute atomic E-state index is 0.353. The molecule has 1 aromatic rings. The number of aliphatic imine (C=N–C) groups is 1. The van der Waals surface area contributed by atoms with E-state index in [1.54, 1.807) is 11.3 Å². The summed E-state index contributed by atoms with van der Waals surface area (Å²) in [6, 6.07) is 0. The van der Waals surface area contributed by atoms with Crippen molar-refractivity contribution in [1.29, 1.82) is 0 Å². The predicted octanol–water partition coefficient (Wildman–Crippen LogP) is 2.29. The number of hydrogen-bond acceptors (Lipinski definition) is 3. The van der Waals surface area contributed by atoms with E-state index in [1.165, 1.54) is 12.8 Å². The van der Waals surface area contributed by atoms with Crippen LogP contribution in [0.5, 0.6) is 0 Å². The molecule has 100 valence electrons. The maximum absolute atomic E-state index is 6.07. The van der Waals surface area contributed by atoms with Gasteiger partial charge in [-0.1, -0.05) is 13.8 Å². The molecule has 5 heteroatoms. The van der Waals surface area contributed by atoms with Crippen LogP contribution in [0.4, 0.5) is 0 Å². The third kappa shape index (κ3) is 3.45. The summed E-state index contributed by atoms with van der Waals surface area (Å²) in [6.07, 6.45) is 4.37. The summed E-state index contributed by atoms with van der Waals surface area (Å²) in [6.45, 7) is 7.24. The van der Waals surface area contributed by atoms with E-state index in [1.807, 2.05) is 11.6 Å². The minimum atomic E-state index is 0.353. The molecule has 1 aliphatic rings. The van der Waals surface area contributed by atoms with E-state index in [-0.39, 0.29) is 0 Å². The summed E-state index contributed by atoms with van der Waals surface area (Å²) < 4.78 is 0. The Bertz CT molecular complexity index is 388. The van der Waals surface area contributed by atoms with Crippen molar-refractivity contribution in [3.05, 3.63) is 16.6 Å². The molecule has 2 unspecified atom stereocenters. The van der Waals surface area contributed by atoms with Crippen molar-refractivity contribution in [1.82, 2.24) is 9.88 Å². The van der Waals surface area contributed by atoms with Gasteiger partial charge in [0.05, 0.1) is 11.6 Å². The first kappa shape index (κ1) is 13.3. The molecular formula is C13H22N4S. The smallest absolute Gasteiger partial charge is 0.191 e. The lowest BCUT2D eigenvalue weighted by Gasteiger charge is -2.31. The Morgan fingerprint density at radius 3 is 3.22 bits per heavy atom. The second-order valence-corrected chi connectivity index (χ2v) is 6.09. The van der Waals surface area contributed by atoms with E-state index < -0.39 is 0 Å². The topological polar surface area (TPSA) is 54.5 Å². The SMILES string of the molecule is CC1CCCN(C(N)=NCC(C)c2nccs2)C1. The second kappa shape index (κ2) is 6.18. The van der Waals surface area contributed by atoms with Gasteiger partial charge in [-0.15, -0.1) is 11.3 Å². The van der Waals surface area contributed by atoms with Gasteiger partial charge in [0.2, 0.25) is 0 Å². The molecule has 0 amide bonds. The third-order valence-corrected chi connectivity index (χ3v) is 4.39. The molecule has 0 aliphatic carbocycles. The monoisotopic (exact) mass is 266 g/mol. The summed E-state index contributed by atoms with van der Waals surface area (Å²) in [5.41, 5.74) is 6.07. The quantitative estimate of drug-likeness (QED) is 0.674. The van der Waals surface area contributed by atoms with Gasteiger partial charge in [-0.25, -0.2) is 4.98 Å². The molecular weight excluding hydrogens is 244 g/mol. The zero-order valence-electron chi connectivity index (χ0n) is 11.2. The Labute approximate surface area is 113 Å². The number of guanidine groups is 1. The molecule has 18 heavy (non-hydrogen) atoms. The van der Waals surface area contributed by atoms with Gasteiger partial charge in [-0.05, 0) is 18.8 Å². The lowest BCUT2D eigenvalue weighted by Crippen LogP contribution is -2.43. The Kier molecular flexibility index (Phi) is 4.58. The van der Waals surface area contributed by atoms with Crippen LogP contribution in [0.25, 0.3) is 0 Å². The van der Waals surface area contributed by atoms with Crippen LogP contribution in [0.3, 0.4) is 0 Å². The summed E-state index contributed by atoms with van der Waals surface area (Å²) in [5, 5.41) is 3.14. The normalized spacial score (nSPS) is 23.1. The van der Waals surface area contributed by atoms with Crippen LogP contribution >= 0.6 is 11.3 Å². The van der Waals surface area contributed by atoms with Crippen molar-refractivity contribution >= 4 is 17.3 Å². The van der Waals surface area contributed by atoms with Gasteiger partial charge in [0.15, 0.2) is 5.96 Å². The van der Waals surface area contributed by atoms with Crippen molar-refractivity contribution in [3.63, 3.8) is 0 Å². The number of rotatable bonds is 3. The van der Waals surface area contributed by atoms with Gasteiger partial charge < -0.3 is 10.6 Å². The average molecular weight is 266 g/mol. The molecule has 4 nitrogen and oxygen atoms in total. The third-order valence-electron chi connectivity index (χ3n) is 3.38. The van der Waals surface area contributed by atoms with Crippen LogP contribution < -0.4 is 5.73 Å². The van der Waals surface area contributed by atoms with E-state index in [0.717, 1.165) is 30.6 Å². The molecule has 1 fully saturated rings. The fourth-order valence-electron chi connectivity index (χ4n) is 2.28. The lowest BCUT2D eigenvalue weighted by molar-refractivity contribution is 0.270. The van der Waals surface area contributed by atoms with E-state index in [4.69, 9.17) is 5.73 Å². The fraction of sp³-hybridized carbons (Fsp3) is 0.692. The van der Waals surface area contributed by atoms with Crippen LogP contribution in [-0.2, 0) is 0 Å². The fourth-order valence-corrected chi connectivity index (χ4v) is 2.97. The van der Waals surface area contributed by atoms with Crippen molar-refractivity contribution < 1.29 is 0 Å². The van der Waals surface area contributed by atoms with Gasteiger partial charge in [0.1, 0.15) is 0 Å². The van der Waals surface area contributed by atoms with Crippen LogP contribution in [-0.4, -0.2) is 35.5 Å². The van der Waals surface area contributed by atoms with Gasteiger partial charge in [0, 0.05) is 30.6 Å². The Morgan fingerprint density at radius 1 is 1.72 bits per heavy atom. The number of nitrogens with zero attached hydrogens (tertiary/aromatic N) is 3. The van der Waals surface area contributed by atoms with Gasteiger partial charge in [0.25, 0.3) is 0 Å².